The van der Waals surface area contributed by atoms with Crippen LogP contribution >= 0.6 is 0 Å². The van der Waals surface area contributed by atoms with Gasteiger partial charge in [-0.1, -0.05) is 24.3 Å². The van der Waals surface area contributed by atoms with Gasteiger partial charge in [-0.15, -0.1) is 0 Å². The lowest BCUT2D eigenvalue weighted by Crippen LogP contribution is -2.42. The Hall–Kier alpha value is -0.940. The predicted molar refractivity (Wildman–Crippen MR) is 111 cm³/mol. The third-order valence-corrected chi connectivity index (χ3v) is 6.94. The van der Waals surface area contributed by atoms with Crippen molar-refractivity contribution in [1.82, 2.24) is 14.7 Å². The maximum Gasteiger partial charge on any atom is 0.0594 e. The van der Waals surface area contributed by atoms with Gasteiger partial charge in [-0.2, -0.15) is 0 Å². The molecule has 150 valence electrons. The summed E-state index contributed by atoms with van der Waals surface area (Å²) in [5, 5.41) is 0. The molecule has 3 saturated heterocycles. The van der Waals surface area contributed by atoms with Gasteiger partial charge in [-0.25, -0.2) is 0 Å². The molecule has 0 saturated carbocycles. The molecule has 1 aromatic rings. The normalized spacial score (nSPS) is 25.1. The standard InChI is InChI=1S/C23H37N3O/c1-20(26-9-2-3-10-26)23-7-11-24(12-8-23)18-21-5-4-6-22(17-21)19-25-13-15-27-16-14-25/h4-6,17,20,23H,2-3,7-16,18-19H2,1H3/t20-/m1/s1. The molecule has 27 heavy (non-hydrogen) atoms. The SMILES string of the molecule is C[C@H](C1CCN(Cc2cccc(CN3CCOCC3)c2)CC1)N1CCCC1. The number of ether oxygens (including phenoxy) is 1. The molecule has 0 spiro atoms. The second-order valence-corrected chi connectivity index (χ2v) is 8.81. The summed E-state index contributed by atoms with van der Waals surface area (Å²) in [6, 6.07) is 10.0. The molecule has 1 aromatic carbocycles. The zero-order valence-corrected chi connectivity index (χ0v) is 17.1. The van der Waals surface area contributed by atoms with E-state index in [1.165, 1.54) is 63.0 Å². The van der Waals surface area contributed by atoms with Crippen LogP contribution in [0.2, 0.25) is 0 Å². The highest BCUT2D eigenvalue weighted by Gasteiger charge is 2.28. The summed E-state index contributed by atoms with van der Waals surface area (Å²) in [6.45, 7) is 13.7. The third kappa shape index (κ3) is 5.32. The molecule has 4 heteroatoms. The number of rotatable bonds is 6. The van der Waals surface area contributed by atoms with E-state index in [-0.39, 0.29) is 0 Å². The van der Waals surface area contributed by atoms with Gasteiger partial charge in [0.25, 0.3) is 0 Å². The average molecular weight is 372 g/mol. The molecular formula is C23H37N3O. The highest BCUT2D eigenvalue weighted by atomic mass is 16.5. The zero-order valence-electron chi connectivity index (χ0n) is 17.1. The highest BCUT2D eigenvalue weighted by Crippen LogP contribution is 2.27. The van der Waals surface area contributed by atoms with Crippen molar-refractivity contribution in [2.24, 2.45) is 5.92 Å². The lowest BCUT2D eigenvalue weighted by Gasteiger charge is -2.38. The molecule has 0 bridgehead atoms. The van der Waals surface area contributed by atoms with Crippen molar-refractivity contribution < 1.29 is 4.74 Å². The maximum absolute atomic E-state index is 5.47. The first-order valence-electron chi connectivity index (χ1n) is 11.1. The van der Waals surface area contributed by atoms with Crippen molar-refractivity contribution in [3.63, 3.8) is 0 Å². The molecule has 3 aliphatic rings. The molecule has 0 aliphatic carbocycles. The number of likely N-dealkylation sites (tertiary alicyclic amines) is 2. The van der Waals surface area contributed by atoms with E-state index >= 15 is 0 Å². The third-order valence-electron chi connectivity index (χ3n) is 6.94. The predicted octanol–water partition coefficient (Wildman–Crippen LogP) is 3.22. The summed E-state index contributed by atoms with van der Waals surface area (Å²) in [6.07, 6.45) is 5.55. The number of hydrogen-bond donors (Lipinski definition) is 0. The van der Waals surface area contributed by atoms with Crippen LogP contribution in [-0.4, -0.2) is 73.2 Å². The molecule has 1 atom stereocenters. The van der Waals surface area contributed by atoms with E-state index < -0.39 is 0 Å². The number of morpholine rings is 1. The fourth-order valence-electron chi connectivity index (χ4n) is 5.14. The Morgan fingerprint density at radius 2 is 1.48 bits per heavy atom. The molecule has 0 amide bonds. The Labute approximate surface area is 165 Å². The lowest BCUT2D eigenvalue weighted by atomic mass is 9.89. The van der Waals surface area contributed by atoms with Crippen LogP contribution in [0.3, 0.4) is 0 Å². The Morgan fingerprint density at radius 1 is 0.889 bits per heavy atom. The molecule has 3 aliphatic heterocycles. The van der Waals surface area contributed by atoms with Crippen LogP contribution in [0.15, 0.2) is 24.3 Å². The summed E-state index contributed by atoms with van der Waals surface area (Å²) in [5.74, 6) is 0.895. The van der Waals surface area contributed by atoms with Crippen molar-refractivity contribution in [1.29, 1.82) is 0 Å². The second-order valence-electron chi connectivity index (χ2n) is 8.81. The minimum Gasteiger partial charge on any atom is -0.379 e. The van der Waals surface area contributed by atoms with Crippen molar-refractivity contribution in [3.05, 3.63) is 35.4 Å². The van der Waals surface area contributed by atoms with E-state index in [4.69, 9.17) is 4.74 Å². The van der Waals surface area contributed by atoms with E-state index in [1.54, 1.807) is 0 Å². The molecule has 0 aromatic heterocycles. The Kier molecular flexibility index (Phi) is 6.82. The van der Waals surface area contributed by atoms with Crippen molar-refractivity contribution in [2.45, 2.75) is 51.7 Å². The Balaban J connectivity index is 1.25. The van der Waals surface area contributed by atoms with Gasteiger partial charge in [0.2, 0.25) is 0 Å². The first-order valence-corrected chi connectivity index (χ1v) is 11.1. The lowest BCUT2D eigenvalue weighted by molar-refractivity contribution is 0.0342. The fourth-order valence-corrected chi connectivity index (χ4v) is 5.14. The maximum atomic E-state index is 5.47. The number of piperidine rings is 1. The molecule has 4 rings (SSSR count). The quantitative estimate of drug-likeness (QED) is 0.764. The summed E-state index contributed by atoms with van der Waals surface area (Å²) in [4.78, 5) is 7.91. The van der Waals surface area contributed by atoms with Gasteiger partial charge in [0.1, 0.15) is 0 Å². The molecule has 0 unspecified atom stereocenters. The van der Waals surface area contributed by atoms with E-state index in [0.717, 1.165) is 51.4 Å². The van der Waals surface area contributed by atoms with Crippen LogP contribution < -0.4 is 0 Å². The molecule has 3 heterocycles. The van der Waals surface area contributed by atoms with Crippen molar-refractivity contribution in [2.75, 3.05) is 52.5 Å². The van der Waals surface area contributed by atoms with Gasteiger partial charge in [-0.3, -0.25) is 9.80 Å². The van der Waals surface area contributed by atoms with E-state index in [1.807, 2.05) is 0 Å². The van der Waals surface area contributed by atoms with Crippen LogP contribution in [0.5, 0.6) is 0 Å². The number of benzene rings is 1. The van der Waals surface area contributed by atoms with Crippen LogP contribution in [0.1, 0.15) is 43.7 Å². The first kappa shape index (κ1) is 19.4. The number of hydrogen-bond acceptors (Lipinski definition) is 4. The van der Waals surface area contributed by atoms with E-state index in [0.29, 0.717) is 0 Å². The van der Waals surface area contributed by atoms with Crippen LogP contribution in [-0.2, 0) is 17.8 Å². The topological polar surface area (TPSA) is 19.0 Å². The fraction of sp³-hybridized carbons (Fsp3) is 0.739. The molecule has 0 radical (unpaired) electrons. The monoisotopic (exact) mass is 371 g/mol. The molecular weight excluding hydrogens is 334 g/mol. The highest BCUT2D eigenvalue weighted by molar-refractivity contribution is 5.23. The van der Waals surface area contributed by atoms with Crippen molar-refractivity contribution in [3.8, 4) is 0 Å². The smallest absolute Gasteiger partial charge is 0.0594 e. The largest absolute Gasteiger partial charge is 0.379 e. The Bertz CT molecular complexity index is 573. The Morgan fingerprint density at radius 3 is 2.11 bits per heavy atom. The zero-order chi connectivity index (χ0) is 18.5. The molecule has 0 N–H and O–H groups in total. The van der Waals surface area contributed by atoms with Gasteiger partial charge in [0.15, 0.2) is 0 Å². The van der Waals surface area contributed by atoms with Gasteiger partial charge in [-0.05, 0) is 75.8 Å². The summed E-state index contributed by atoms with van der Waals surface area (Å²) < 4.78 is 5.47. The van der Waals surface area contributed by atoms with Crippen LogP contribution in [0.25, 0.3) is 0 Å². The van der Waals surface area contributed by atoms with Gasteiger partial charge >= 0.3 is 0 Å². The van der Waals surface area contributed by atoms with Gasteiger partial charge in [0.05, 0.1) is 13.2 Å². The van der Waals surface area contributed by atoms with Crippen molar-refractivity contribution >= 4 is 0 Å². The van der Waals surface area contributed by atoms with E-state index in [9.17, 15) is 0 Å². The van der Waals surface area contributed by atoms with Gasteiger partial charge in [0, 0.05) is 32.2 Å². The summed E-state index contributed by atoms with van der Waals surface area (Å²) in [7, 11) is 0. The second kappa shape index (κ2) is 9.51. The molecule has 4 nitrogen and oxygen atoms in total. The number of nitrogens with zero attached hydrogens (tertiary/aromatic N) is 3. The average Bonchev–Trinajstić information content (AvgIpc) is 3.24. The summed E-state index contributed by atoms with van der Waals surface area (Å²) in [5.41, 5.74) is 2.93. The van der Waals surface area contributed by atoms with Crippen LogP contribution in [0.4, 0.5) is 0 Å². The first-order chi connectivity index (χ1) is 13.3. The van der Waals surface area contributed by atoms with Crippen LogP contribution in [0, 0.1) is 5.92 Å². The minimum absolute atomic E-state index is 0.784. The summed E-state index contributed by atoms with van der Waals surface area (Å²) >= 11 is 0. The van der Waals surface area contributed by atoms with Gasteiger partial charge < -0.3 is 9.64 Å². The molecule has 3 fully saturated rings. The minimum atomic E-state index is 0.784. The van der Waals surface area contributed by atoms with E-state index in [2.05, 4.69) is 45.9 Å².